The van der Waals surface area contributed by atoms with Crippen molar-refractivity contribution < 1.29 is 9.90 Å². The molecule has 6 nitrogen and oxygen atoms in total. The average molecular weight is 385 g/mol. The quantitative estimate of drug-likeness (QED) is 0.688. The van der Waals surface area contributed by atoms with E-state index in [9.17, 15) is 9.90 Å². The number of hydrogen-bond acceptors (Lipinski definition) is 5. The Morgan fingerprint density at radius 2 is 1.83 bits per heavy atom. The van der Waals surface area contributed by atoms with E-state index in [1.165, 1.54) is 0 Å². The Morgan fingerprint density at radius 3 is 2.42 bits per heavy atom. The van der Waals surface area contributed by atoms with Gasteiger partial charge in [-0.2, -0.15) is 0 Å². The Bertz CT molecular complexity index is 355. The van der Waals surface area contributed by atoms with Crippen LogP contribution < -0.4 is 5.32 Å². The van der Waals surface area contributed by atoms with Crippen LogP contribution in [0.15, 0.2) is 0 Å². The minimum Gasteiger partial charge on any atom is -0.396 e. The number of nitrogens with one attached hydrogen (secondary N) is 1. The van der Waals surface area contributed by atoms with Gasteiger partial charge in [-0.1, -0.05) is 13.8 Å². The molecule has 0 aliphatic carbocycles. The smallest absolute Gasteiger partial charge is 0.236 e. The van der Waals surface area contributed by atoms with Gasteiger partial charge in [0.25, 0.3) is 0 Å². The molecule has 2 aliphatic heterocycles. The molecule has 1 atom stereocenters. The van der Waals surface area contributed by atoms with Crippen molar-refractivity contribution in [3.8, 4) is 0 Å². The van der Waals surface area contributed by atoms with Crippen LogP contribution in [-0.2, 0) is 4.79 Å². The predicted octanol–water partition coefficient (Wildman–Crippen LogP) is 0.286. The van der Waals surface area contributed by atoms with Crippen LogP contribution in [0.5, 0.6) is 0 Å². The van der Waals surface area contributed by atoms with E-state index in [0.29, 0.717) is 18.5 Å². The maximum Gasteiger partial charge on any atom is 0.236 e. The summed E-state index contributed by atoms with van der Waals surface area (Å²) < 4.78 is 0. The molecule has 0 spiro atoms. The van der Waals surface area contributed by atoms with Crippen molar-refractivity contribution in [2.75, 3.05) is 65.5 Å². The van der Waals surface area contributed by atoms with Gasteiger partial charge in [-0.3, -0.25) is 14.6 Å². The molecule has 2 saturated heterocycles. The van der Waals surface area contributed by atoms with Crippen LogP contribution >= 0.6 is 24.8 Å². The molecule has 24 heavy (non-hydrogen) atoms. The molecule has 0 aromatic heterocycles. The first-order chi connectivity index (χ1) is 10.6. The number of halogens is 2. The first-order valence-electron chi connectivity index (χ1n) is 8.66. The van der Waals surface area contributed by atoms with Crippen molar-refractivity contribution in [2.24, 2.45) is 5.92 Å². The molecule has 2 fully saturated rings. The molecule has 144 valence electrons. The fourth-order valence-electron chi connectivity index (χ4n) is 3.44. The third-order valence-electron chi connectivity index (χ3n) is 4.58. The second kappa shape index (κ2) is 12.3. The number of carbonyl (C=O) groups excluding carboxylic acids is 1. The van der Waals surface area contributed by atoms with E-state index in [1.54, 1.807) is 0 Å². The summed E-state index contributed by atoms with van der Waals surface area (Å²) in [4.78, 5) is 19.1. The molecule has 2 heterocycles. The molecule has 1 amide bonds. The molecule has 0 saturated carbocycles. The Morgan fingerprint density at radius 1 is 1.17 bits per heavy atom. The topological polar surface area (TPSA) is 59.0 Å². The van der Waals surface area contributed by atoms with Crippen LogP contribution in [0.2, 0.25) is 0 Å². The van der Waals surface area contributed by atoms with Crippen molar-refractivity contribution in [3.05, 3.63) is 0 Å². The standard InChI is InChI=1S/C16H32N4O2.2ClH/c1-14(2)11-20-9-8-18(12-15(20)3-10-21)13-16(22)19-6-4-17-5-7-19;;/h14-15,17,21H,3-13H2,1-2H3;2*1H. The zero-order valence-electron chi connectivity index (χ0n) is 14.9. The van der Waals surface area contributed by atoms with Crippen LogP contribution in [0, 0.1) is 5.92 Å². The number of aliphatic hydroxyl groups excluding tert-OH is 1. The number of rotatable bonds is 6. The first-order valence-corrected chi connectivity index (χ1v) is 8.66. The van der Waals surface area contributed by atoms with Crippen molar-refractivity contribution in [1.82, 2.24) is 20.0 Å². The number of nitrogens with zero attached hydrogens (tertiary/aromatic N) is 3. The summed E-state index contributed by atoms with van der Waals surface area (Å²) in [5, 5.41) is 12.6. The van der Waals surface area contributed by atoms with Gasteiger partial charge in [-0.25, -0.2) is 0 Å². The van der Waals surface area contributed by atoms with E-state index in [0.717, 1.165) is 58.8 Å². The summed E-state index contributed by atoms with van der Waals surface area (Å²) in [7, 11) is 0. The van der Waals surface area contributed by atoms with Gasteiger partial charge in [0.2, 0.25) is 5.91 Å². The highest BCUT2D eigenvalue weighted by Gasteiger charge is 2.29. The molecule has 2 aliphatic rings. The Balaban J connectivity index is 0.00000264. The van der Waals surface area contributed by atoms with Crippen molar-refractivity contribution in [1.29, 1.82) is 0 Å². The van der Waals surface area contributed by atoms with Gasteiger partial charge in [0, 0.05) is 65.0 Å². The van der Waals surface area contributed by atoms with Crippen LogP contribution in [0.4, 0.5) is 0 Å². The second-order valence-corrected chi connectivity index (χ2v) is 6.92. The lowest BCUT2D eigenvalue weighted by molar-refractivity contribution is -0.133. The molecular formula is C16H34Cl2N4O2. The number of piperazine rings is 2. The highest BCUT2D eigenvalue weighted by molar-refractivity contribution is 5.85. The van der Waals surface area contributed by atoms with Gasteiger partial charge >= 0.3 is 0 Å². The SMILES string of the molecule is CC(C)CN1CCN(CC(=O)N2CCNCC2)CC1CCO.Cl.Cl. The van der Waals surface area contributed by atoms with E-state index >= 15 is 0 Å². The van der Waals surface area contributed by atoms with Crippen LogP contribution in [0.25, 0.3) is 0 Å². The van der Waals surface area contributed by atoms with Gasteiger partial charge in [0.1, 0.15) is 0 Å². The summed E-state index contributed by atoms with van der Waals surface area (Å²) in [5.41, 5.74) is 0. The summed E-state index contributed by atoms with van der Waals surface area (Å²) in [5.74, 6) is 0.886. The third kappa shape index (κ3) is 7.42. The summed E-state index contributed by atoms with van der Waals surface area (Å²) in [6.07, 6.45) is 0.797. The fraction of sp³-hybridized carbons (Fsp3) is 0.938. The van der Waals surface area contributed by atoms with E-state index in [4.69, 9.17) is 0 Å². The van der Waals surface area contributed by atoms with Crippen molar-refractivity contribution >= 4 is 30.7 Å². The van der Waals surface area contributed by atoms with Crippen molar-refractivity contribution in [2.45, 2.75) is 26.3 Å². The fourth-order valence-corrected chi connectivity index (χ4v) is 3.44. The van der Waals surface area contributed by atoms with Crippen LogP contribution in [0.3, 0.4) is 0 Å². The number of aliphatic hydroxyl groups is 1. The lowest BCUT2D eigenvalue weighted by atomic mass is 10.1. The maximum absolute atomic E-state index is 12.4. The summed E-state index contributed by atoms with van der Waals surface area (Å²) in [6.45, 7) is 12.6. The highest BCUT2D eigenvalue weighted by Crippen LogP contribution is 2.15. The molecule has 1 unspecified atom stereocenters. The number of amides is 1. The molecule has 0 aromatic carbocycles. The van der Waals surface area contributed by atoms with E-state index < -0.39 is 0 Å². The van der Waals surface area contributed by atoms with Crippen LogP contribution in [0.1, 0.15) is 20.3 Å². The maximum atomic E-state index is 12.4. The van der Waals surface area contributed by atoms with Gasteiger partial charge < -0.3 is 15.3 Å². The normalized spacial score (nSPS) is 22.8. The number of carbonyl (C=O) groups is 1. The molecular weight excluding hydrogens is 351 g/mol. The van der Waals surface area contributed by atoms with Crippen LogP contribution in [-0.4, -0.2) is 97.3 Å². The monoisotopic (exact) mass is 384 g/mol. The molecule has 0 radical (unpaired) electrons. The van der Waals surface area contributed by atoms with Gasteiger partial charge in [0.15, 0.2) is 0 Å². The molecule has 8 heteroatoms. The molecule has 0 aromatic rings. The highest BCUT2D eigenvalue weighted by atomic mass is 35.5. The number of hydrogen-bond donors (Lipinski definition) is 2. The lowest BCUT2D eigenvalue weighted by Crippen LogP contribution is -2.57. The summed E-state index contributed by atoms with van der Waals surface area (Å²) in [6, 6.07) is 0.372. The Hall–Kier alpha value is -0.110. The first kappa shape index (κ1) is 23.9. The second-order valence-electron chi connectivity index (χ2n) is 6.92. The van der Waals surface area contributed by atoms with E-state index in [2.05, 4.69) is 29.0 Å². The van der Waals surface area contributed by atoms with E-state index in [1.807, 2.05) is 4.90 Å². The largest absolute Gasteiger partial charge is 0.396 e. The predicted molar refractivity (Wildman–Crippen MR) is 102 cm³/mol. The van der Waals surface area contributed by atoms with Gasteiger partial charge in [-0.05, 0) is 12.3 Å². The third-order valence-corrected chi connectivity index (χ3v) is 4.58. The minimum absolute atomic E-state index is 0. The molecule has 2 N–H and O–H groups in total. The molecule has 0 bridgehead atoms. The summed E-state index contributed by atoms with van der Waals surface area (Å²) >= 11 is 0. The minimum atomic E-state index is 0. The van der Waals surface area contributed by atoms with Gasteiger partial charge in [0.05, 0.1) is 6.54 Å². The van der Waals surface area contributed by atoms with Gasteiger partial charge in [-0.15, -0.1) is 24.8 Å². The lowest BCUT2D eigenvalue weighted by Gasteiger charge is -2.42. The average Bonchev–Trinajstić information content (AvgIpc) is 2.50. The zero-order chi connectivity index (χ0) is 15.9. The van der Waals surface area contributed by atoms with Crippen molar-refractivity contribution in [3.63, 3.8) is 0 Å². The molecule has 2 rings (SSSR count). The Kier molecular flexibility index (Phi) is 12.2. The Labute approximate surface area is 158 Å². The zero-order valence-corrected chi connectivity index (χ0v) is 16.6. The van der Waals surface area contributed by atoms with E-state index in [-0.39, 0.29) is 37.3 Å².